The number of aromatic nitrogens is 2. The normalized spacial score (nSPS) is 10.2. The summed E-state index contributed by atoms with van der Waals surface area (Å²) in [6.45, 7) is 0.677. The molecule has 0 amide bonds. The van der Waals surface area contributed by atoms with Gasteiger partial charge in [-0.3, -0.25) is 9.78 Å². The van der Waals surface area contributed by atoms with Gasteiger partial charge in [0.25, 0.3) is 0 Å². The Balaban J connectivity index is 2.14. The first-order valence-electron chi connectivity index (χ1n) is 4.92. The molecular weight excluding hydrogens is 258 g/mol. The largest absolute Gasteiger partial charge is 0.347 e. The Morgan fingerprint density at radius 3 is 3.00 bits per heavy atom. The van der Waals surface area contributed by atoms with E-state index in [4.69, 9.17) is 11.6 Å². The molecule has 0 saturated carbocycles. The Morgan fingerprint density at radius 1 is 1.59 bits per heavy atom. The fourth-order valence-corrected chi connectivity index (χ4v) is 2.39. The van der Waals surface area contributed by atoms with Gasteiger partial charge in [-0.2, -0.15) is 0 Å². The van der Waals surface area contributed by atoms with Crippen LogP contribution in [0.25, 0.3) is 0 Å². The van der Waals surface area contributed by atoms with Crippen LogP contribution in [0.4, 0.5) is 5.13 Å². The zero-order chi connectivity index (χ0) is 12.3. The Morgan fingerprint density at radius 2 is 2.41 bits per heavy atom. The van der Waals surface area contributed by atoms with E-state index in [0.717, 1.165) is 17.0 Å². The number of anilines is 1. The molecule has 0 saturated heterocycles. The van der Waals surface area contributed by atoms with Gasteiger partial charge >= 0.3 is 0 Å². The van der Waals surface area contributed by atoms with Crippen molar-refractivity contribution >= 4 is 34.4 Å². The van der Waals surface area contributed by atoms with Crippen molar-refractivity contribution < 1.29 is 4.79 Å². The molecule has 0 spiro atoms. The summed E-state index contributed by atoms with van der Waals surface area (Å²) < 4.78 is 0. The Bertz CT molecular complexity index is 515. The monoisotopic (exact) mass is 267 g/mol. The van der Waals surface area contributed by atoms with Crippen LogP contribution in [0.5, 0.6) is 0 Å². The fraction of sp³-hybridized carbons (Fsp3) is 0.182. The van der Waals surface area contributed by atoms with Crippen molar-refractivity contribution in [1.82, 2.24) is 9.97 Å². The smallest absolute Gasteiger partial charge is 0.187 e. The number of carbonyl (C=O) groups excluding carboxylic acids is 1. The lowest BCUT2D eigenvalue weighted by Gasteiger charge is -2.14. The molecule has 6 heteroatoms. The average Bonchev–Trinajstić information content (AvgIpc) is 2.72. The highest BCUT2D eigenvalue weighted by Gasteiger charge is 2.12. The van der Waals surface area contributed by atoms with Gasteiger partial charge in [-0.15, -0.1) is 0 Å². The van der Waals surface area contributed by atoms with Gasteiger partial charge in [-0.1, -0.05) is 29.0 Å². The number of hydrogen-bond donors (Lipinski definition) is 0. The van der Waals surface area contributed by atoms with Crippen LogP contribution in [0.15, 0.2) is 24.5 Å². The summed E-state index contributed by atoms with van der Waals surface area (Å²) in [4.78, 5) is 21.2. The van der Waals surface area contributed by atoms with Crippen molar-refractivity contribution in [2.24, 2.45) is 0 Å². The summed E-state index contributed by atoms with van der Waals surface area (Å²) in [7, 11) is 1.90. The summed E-state index contributed by atoms with van der Waals surface area (Å²) in [6, 6.07) is 3.87. The number of aldehydes is 1. The highest BCUT2D eigenvalue weighted by atomic mass is 35.5. The molecule has 0 aliphatic rings. The lowest BCUT2D eigenvalue weighted by molar-refractivity contribution is 0.112. The number of nitrogens with zero attached hydrogens (tertiary/aromatic N) is 3. The first kappa shape index (κ1) is 12.0. The maximum Gasteiger partial charge on any atom is 0.187 e. The van der Waals surface area contributed by atoms with Gasteiger partial charge in [-0.25, -0.2) is 4.98 Å². The van der Waals surface area contributed by atoms with E-state index < -0.39 is 0 Å². The minimum atomic E-state index is 0.262. The molecule has 0 atom stereocenters. The number of halogens is 1. The van der Waals surface area contributed by atoms with E-state index in [0.29, 0.717) is 11.4 Å². The lowest BCUT2D eigenvalue weighted by atomic mass is 10.3. The molecular formula is C11H10ClN3OS. The second-order valence-corrected chi connectivity index (χ2v) is 4.85. The predicted molar refractivity (Wildman–Crippen MR) is 68.9 cm³/mol. The number of thiazole rings is 1. The molecule has 17 heavy (non-hydrogen) atoms. The molecule has 0 aliphatic carbocycles. The van der Waals surface area contributed by atoms with Gasteiger partial charge in [0.1, 0.15) is 4.88 Å². The zero-order valence-electron chi connectivity index (χ0n) is 9.13. The van der Waals surface area contributed by atoms with E-state index in [1.807, 2.05) is 24.1 Å². The Hall–Kier alpha value is -1.46. The molecule has 0 N–H and O–H groups in total. The standard InChI is InChI=1S/C11H10ClN3OS/c1-15(6-8-3-2-4-13-5-8)11-14-10(12)9(7-16)17-11/h2-5,7H,6H2,1H3. The minimum absolute atomic E-state index is 0.262. The zero-order valence-corrected chi connectivity index (χ0v) is 10.7. The molecule has 0 radical (unpaired) electrons. The number of carbonyl (C=O) groups is 1. The summed E-state index contributed by atoms with van der Waals surface area (Å²) in [5.74, 6) is 0. The molecule has 2 heterocycles. The first-order valence-corrected chi connectivity index (χ1v) is 6.11. The number of pyridine rings is 1. The average molecular weight is 268 g/mol. The third-order valence-electron chi connectivity index (χ3n) is 2.17. The second kappa shape index (κ2) is 5.25. The van der Waals surface area contributed by atoms with Crippen LogP contribution < -0.4 is 4.90 Å². The fourth-order valence-electron chi connectivity index (χ4n) is 1.37. The van der Waals surface area contributed by atoms with Gasteiger partial charge in [0.05, 0.1) is 0 Å². The molecule has 0 fully saturated rings. The lowest BCUT2D eigenvalue weighted by Crippen LogP contribution is -2.15. The van der Waals surface area contributed by atoms with Gasteiger partial charge in [0.15, 0.2) is 16.6 Å². The van der Waals surface area contributed by atoms with Crippen LogP contribution in [0.1, 0.15) is 15.2 Å². The Kier molecular flexibility index (Phi) is 3.71. The van der Waals surface area contributed by atoms with E-state index in [1.165, 1.54) is 11.3 Å². The van der Waals surface area contributed by atoms with Gasteiger partial charge in [0, 0.05) is 26.0 Å². The highest BCUT2D eigenvalue weighted by Crippen LogP contribution is 2.28. The van der Waals surface area contributed by atoms with Crippen molar-refractivity contribution in [3.8, 4) is 0 Å². The van der Waals surface area contributed by atoms with E-state index in [-0.39, 0.29) is 5.15 Å². The molecule has 0 unspecified atom stereocenters. The molecule has 4 nitrogen and oxygen atoms in total. The van der Waals surface area contributed by atoms with E-state index >= 15 is 0 Å². The van der Waals surface area contributed by atoms with Gasteiger partial charge in [0.2, 0.25) is 0 Å². The van der Waals surface area contributed by atoms with Crippen LogP contribution in [0, 0.1) is 0 Å². The Labute approximate surface area is 108 Å². The predicted octanol–water partition coefficient (Wildman–Crippen LogP) is 2.64. The molecule has 2 aromatic heterocycles. The quantitative estimate of drug-likeness (QED) is 0.799. The number of hydrogen-bond acceptors (Lipinski definition) is 5. The van der Waals surface area contributed by atoms with E-state index in [1.54, 1.807) is 12.4 Å². The van der Waals surface area contributed by atoms with Crippen molar-refractivity contribution in [1.29, 1.82) is 0 Å². The van der Waals surface area contributed by atoms with Crippen molar-refractivity contribution in [3.63, 3.8) is 0 Å². The molecule has 0 aromatic carbocycles. The number of rotatable bonds is 4. The van der Waals surface area contributed by atoms with E-state index in [2.05, 4.69) is 9.97 Å². The summed E-state index contributed by atoms with van der Waals surface area (Å²) >= 11 is 7.10. The maximum atomic E-state index is 10.7. The topological polar surface area (TPSA) is 46.1 Å². The summed E-state index contributed by atoms with van der Waals surface area (Å²) in [6.07, 6.45) is 4.25. The third kappa shape index (κ3) is 2.81. The summed E-state index contributed by atoms with van der Waals surface area (Å²) in [5.41, 5.74) is 1.08. The first-order chi connectivity index (χ1) is 8.20. The second-order valence-electron chi connectivity index (χ2n) is 3.49. The molecule has 88 valence electrons. The molecule has 0 aliphatic heterocycles. The summed E-state index contributed by atoms with van der Waals surface area (Å²) in [5, 5.41) is 0.985. The van der Waals surface area contributed by atoms with Crippen molar-refractivity contribution in [2.45, 2.75) is 6.54 Å². The SMILES string of the molecule is CN(Cc1cccnc1)c1nc(Cl)c(C=O)s1. The van der Waals surface area contributed by atoms with Crippen LogP contribution in [0.2, 0.25) is 5.15 Å². The van der Waals surface area contributed by atoms with Crippen LogP contribution in [-0.4, -0.2) is 23.3 Å². The van der Waals surface area contributed by atoms with E-state index in [9.17, 15) is 4.79 Å². The van der Waals surface area contributed by atoms with Crippen molar-refractivity contribution in [2.75, 3.05) is 11.9 Å². The van der Waals surface area contributed by atoms with Crippen LogP contribution >= 0.6 is 22.9 Å². The highest BCUT2D eigenvalue weighted by molar-refractivity contribution is 7.17. The maximum absolute atomic E-state index is 10.7. The molecule has 2 aromatic rings. The third-order valence-corrected chi connectivity index (χ3v) is 3.67. The van der Waals surface area contributed by atoms with Gasteiger partial charge < -0.3 is 4.90 Å². The van der Waals surface area contributed by atoms with Crippen LogP contribution in [0.3, 0.4) is 0 Å². The molecule has 0 bridgehead atoms. The van der Waals surface area contributed by atoms with Crippen molar-refractivity contribution in [3.05, 3.63) is 40.1 Å². The van der Waals surface area contributed by atoms with Gasteiger partial charge in [-0.05, 0) is 11.6 Å². The minimum Gasteiger partial charge on any atom is -0.347 e. The van der Waals surface area contributed by atoms with Crippen LogP contribution in [-0.2, 0) is 6.54 Å². The molecule has 2 rings (SSSR count).